The molecule has 0 aromatic heterocycles. The highest BCUT2D eigenvalue weighted by atomic mass is 16.5. The summed E-state index contributed by atoms with van der Waals surface area (Å²) in [6.45, 7) is 8.24. The van der Waals surface area contributed by atoms with Crippen molar-refractivity contribution in [3.8, 4) is 0 Å². The maximum absolute atomic E-state index is 5.22. The van der Waals surface area contributed by atoms with Crippen LogP contribution in [0.5, 0.6) is 0 Å². The van der Waals surface area contributed by atoms with Gasteiger partial charge in [-0.15, -0.1) is 6.58 Å². The van der Waals surface area contributed by atoms with Crippen LogP contribution >= 0.6 is 0 Å². The van der Waals surface area contributed by atoms with Crippen LogP contribution in [0.4, 0.5) is 0 Å². The van der Waals surface area contributed by atoms with E-state index in [0.717, 1.165) is 18.8 Å². The minimum atomic E-state index is 0.750. The number of hydrogen-bond acceptors (Lipinski definition) is 1. The van der Waals surface area contributed by atoms with Gasteiger partial charge in [-0.1, -0.05) is 12.2 Å². The van der Waals surface area contributed by atoms with Gasteiger partial charge in [0.25, 0.3) is 0 Å². The first kappa shape index (κ1) is 8.28. The monoisotopic (exact) mass is 126 g/mol. The summed E-state index contributed by atoms with van der Waals surface area (Å²) in [6, 6.07) is 0. The molecule has 1 nitrogen and oxygen atoms in total. The Labute approximate surface area is 57.0 Å². The van der Waals surface area contributed by atoms with E-state index >= 15 is 0 Å². The van der Waals surface area contributed by atoms with Crippen molar-refractivity contribution in [1.82, 2.24) is 0 Å². The van der Waals surface area contributed by atoms with Crippen molar-refractivity contribution in [2.45, 2.75) is 20.3 Å². The molecule has 0 rings (SSSR count). The molecule has 0 atom stereocenters. The lowest BCUT2D eigenvalue weighted by Crippen LogP contribution is -1.88. The van der Waals surface area contributed by atoms with E-state index in [-0.39, 0.29) is 0 Å². The fourth-order valence-electron chi connectivity index (χ4n) is 0.387. The lowest BCUT2D eigenvalue weighted by molar-refractivity contribution is 0.219. The molecular formula is C8H14O. The Balaban J connectivity index is 3.17. The van der Waals surface area contributed by atoms with Gasteiger partial charge in [0.15, 0.2) is 0 Å². The summed E-state index contributed by atoms with van der Waals surface area (Å²) in [7, 11) is 0. The van der Waals surface area contributed by atoms with Crippen LogP contribution < -0.4 is 0 Å². The van der Waals surface area contributed by atoms with Crippen LogP contribution in [0.1, 0.15) is 20.3 Å². The van der Waals surface area contributed by atoms with Crippen LogP contribution in [0.25, 0.3) is 0 Å². The molecule has 0 aliphatic carbocycles. The van der Waals surface area contributed by atoms with Gasteiger partial charge in [-0.25, -0.2) is 0 Å². The molecule has 0 saturated carbocycles. The van der Waals surface area contributed by atoms with E-state index < -0.39 is 0 Å². The van der Waals surface area contributed by atoms with Crippen LogP contribution in [-0.2, 0) is 4.74 Å². The third-order valence-electron chi connectivity index (χ3n) is 1.06. The van der Waals surface area contributed by atoms with E-state index in [2.05, 4.69) is 6.58 Å². The van der Waals surface area contributed by atoms with Crippen LogP contribution in [-0.4, -0.2) is 6.61 Å². The summed E-state index contributed by atoms with van der Waals surface area (Å²) in [5.41, 5.74) is 0. The average Bonchev–Trinajstić information content (AvgIpc) is 1.89. The van der Waals surface area contributed by atoms with Gasteiger partial charge in [-0.3, -0.25) is 0 Å². The molecule has 0 aromatic carbocycles. The van der Waals surface area contributed by atoms with Crippen molar-refractivity contribution >= 4 is 0 Å². The minimum absolute atomic E-state index is 0.750. The largest absolute Gasteiger partial charge is 0.498 e. The lowest BCUT2D eigenvalue weighted by Gasteiger charge is -2.01. The summed E-state index contributed by atoms with van der Waals surface area (Å²) in [4.78, 5) is 0. The predicted octanol–water partition coefficient (Wildman–Crippen LogP) is 2.50. The molecule has 0 bridgehead atoms. The first-order chi connectivity index (χ1) is 4.31. The summed E-state index contributed by atoms with van der Waals surface area (Å²) >= 11 is 0. The van der Waals surface area contributed by atoms with Crippen LogP contribution in [0, 0.1) is 0 Å². The van der Waals surface area contributed by atoms with Gasteiger partial charge in [0.1, 0.15) is 0 Å². The maximum Gasteiger partial charge on any atom is 0.0911 e. The van der Waals surface area contributed by atoms with Crippen molar-refractivity contribution in [3.63, 3.8) is 0 Å². The van der Waals surface area contributed by atoms with Crippen molar-refractivity contribution in [1.29, 1.82) is 0 Å². The van der Waals surface area contributed by atoms with E-state index in [1.807, 2.05) is 26.0 Å². The van der Waals surface area contributed by atoms with Gasteiger partial charge < -0.3 is 4.74 Å². The topological polar surface area (TPSA) is 9.23 Å². The molecule has 0 unspecified atom stereocenters. The molecule has 0 aliphatic rings. The highest BCUT2D eigenvalue weighted by molar-refractivity contribution is 4.84. The Morgan fingerprint density at radius 3 is 2.78 bits per heavy atom. The number of ether oxygens (including phenoxy) is 1. The van der Waals surface area contributed by atoms with Gasteiger partial charge in [-0.05, 0) is 20.3 Å². The van der Waals surface area contributed by atoms with Gasteiger partial charge >= 0.3 is 0 Å². The van der Waals surface area contributed by atoms with Crippen molar-refractivity contribution < 1.29 is 4.74 Å². The first-order valence-corrected chi connectivity index (χ1v) is 3.18. The molecule has 0 saturated heterocycles. The molecular weight excluding hydrogens is 112 g/mol. The van der Waals surface area contributed by atoms with Crippen molar-refractivity contribution in [2.75, 3.05) is 6.61 Å². The molecule has 0 aromatic rings. The summed E-state index contributed by atoms with van der Waals surface area (Å²) in [5.74, 6) is 0.983. The summed E-state index contributed by atoms with van der Waals surface area (Å²) < 4.78 is 5.22. The first-order valence-electron chi connectivity index (χ1n) is 3.18. The highest BCUT2D eigenvalue weighted by Crippen LogP contribution is 1.95. The Morgan fingerprint density at radius 2 is 2.33 bits per heavy atom. The van der Waals surface area contributed by atoms with Crippen LogP contribution in [0.15, 0.2) is 24.5 Å². The summed E-state index contributed by atoms with van der Waals surface area (Å²) in [5, 5.41) is 0. The highest BCUT2D eigenvalue weighted by Gasteiger charge is 1.83. The average molecular weight is 126 g/mol. The number of allylic oxidation sites excluding steroid dienone is 2. The molecule has 0 spiro atoms. The fraction of sp³-hybridized carbons (Fsp3) is 0.500. The zero-order chi connectivity index (χ0) is 7.11. The summed E-state index contributed by atoms with van der Waals surface area (Å²) in [6.07, 6.45) is 4.72. The molecule has 0 N–H and O–H groups in total. The van der Waals surface area contributed by atoms with Gasteiger partial charge in [0.05, 0.1) is 12.4 Å². The third-order valence-corrected chi connectivity index (χ3v) is 1.06. The minimum Gasteiger partial charge on any atom is -0.498 e. The smallest absolute Gasteiger partial charge is 0.0911 e. The molecule has 0 amide bonds. The standard InChI is InChI=1S/C8H14O/c1-4-6-7-9-8(3)5-2/h4-5H,1,6-7H2,2-3H3/b8-5+. The van der Waals surface area contributed by atoms with Gasteiger partial charge in [-0.2, -0.15) is 0 Å². The normalized spacial score (nSPS) is 11.1. The lowest BCUT2D eigenvalue weighted by atomic mass is 10.4. The molecule has 0 radical (unpaired) electrons. The second-order valence-corrected chi connectivity index (χ2v) is 1.83. The Hall–Kier alpha value is -0.720. The van der Waals surface area contributed by atoms with E-state index in [1.54, 1.807) is 0 Å². The third kappa shape index (κ3) is 5.15. The van der Waals surface area contributed by atoms with Crippen LogP contribution in [0.2, 0.25) is 0 Å². The molecule has 0 heterocycles. The zero-order valence-electron chi connectivity index (χ0n) is 6.18. The molecule has 0 aliphatic heterocycles. The van der Waals surface area contributed by atoms with Gasteiger partial charge in [0.2, 0.25) is 0 Å². The number of hydrogen-bond donors (Lipinski definition) is 0. The fourth-order valence-corrected chi connectivity index (χ4v) is 0.387. The Bertz CT molecular complexity index is 103. The SMILES string of the molecule is C=CCCO/C(C)=C/C. The molecule has 9 heavy (non-hydrogen) atoms. The molecule has 0 fully saturated rings. The quantitative estimate of drug-likeness (QED) is 0.319. The second kappa shape index (κ2) is 5.42. The van der Waals surface area contributed by atoms with E-state index in [1.165, 1.54) is 0 Å². The van der Waals surface area contributed by atoms with E-state index in [0.29, 0.717) is 0 Å². The molecule has 52 valence electrons. The number of rotatable bonds is 4. The van der Waals surface area contributed by atoms with E-state index in [9.17, 15) is 0 Å². The van der Waals surface area contributed by atoms with Crippen molar-refractivity contribution in [2.24, 2.45) is 0 Å². The van der Waals surface area contributed by atoms with Crippen molar-refractivity contribution in [3.05, 3.63) is 24.5 Å². The predicted molar refractivity (Wildman–Crippen MR) is 40.2 cm³/mol. The Morgan fingerprint density at radius 1 is 1.67 bits per heavy atom. The molecule has 1 heteroatoms. The second-order valence-electron chi connectivity index (χ2n) is 1.83. The van der Waals surface area contributed by atoms with E-state index in [4.69, 9.17) is 4.74 Å². The van der Waals surface area contributed by atoms with Crippen LogP contribution in [0.3, 0.4) is 0 Å². The Kier molecular flexibility index (Phi) is 4.98. The van der Waals surface area contributed by atoms with Gasteiger partial charge in [0, 0.05) is 0 Å². The zero-order valence-corrected chi connectivity index (χ0v) is 6.18. The maximum atomic E-state index is 5.22.